The third-order valence-electron chi connectivity index (χ3n) is 4.53. The molecule has 2 fully saturated rings. The van der Waals surface area contributed by atoms with E-state index in [0.29, 0.717) is 37.4 Å². The van der Waals surface area contributed by atoms with Crippen molar-refractivity contribution in [3.8, 4) is 0 Å². The lowest BCUT2D eigenvalue weighted by atomic mass is 10.0. The lowest BCUT2D eigenvalue weighted by Gasteiger charge is -2.36. The van der Waals surface area contributed by atoms with Crippen LogP contribution < -0.4 is 15.5 Å². The van der Waals surface area contributed by atoms with Crippen LogP contribution in [0.1, 0.15) is 12.5 Å². The summed E-state index contributed by atoms with van der Waals surface area (Å²) in [7, 11) is 0. The van der Waals surface area contributed by atoms with Gasteiger partial charge in [-0.05, 0) is 24.4 Å². The molecule has 2 aliphatic rings. The zero-order valence-electron chi connectivity index (χ0n) is 14.9. The molecule has 2 saturated heterocycles. The zero-order valence-corrected chi connectivity index (χ0v) is 15.7. The fourth-order valence-electron chi connectivity index (χ4n) is 3.08. The number of nitro groups is 1. The summed E-state index contributed by atoms with van der Waals surface area (Å²) in [6.45, 7) is 3.57. The maximum Gasteiger partial charge on any atom is 0.270 e. The predicted octanol–water partition coefficient (Wildman–Crippen LogP) is 0.178. The number of benzene rings is 1. The Bertz CT molecular complexity index is 899. The smallest absolute Gasteiger partial charge is 0.270 e. The highest BCUT2D eigenvalue weighted by atomic mass is 32.1. The molecule has 28 heavy (non-hydrogen) atoms. The first-order valence-corrected chi connectivity index (χ1v) is 8.84. The molecule has 11 heteroatoms. The van der Waals surface area contributed by atoms with E-state index in [2.05, 4.69) is 10.6 Å². The predicted molar refractivity (Wildman–Crippen MR) is 104 cm³/mol. The summed E-state index contributed by atoms with van der Waals surface area (Å²) in [6.07, 6.45) is 1.31. The number of hydrogen-bond acceptors (Lipinski definition) is 7. The van der Waals surface area contributed by atoms with Crippen molar-refractivity contribution in [2.45, 2.75) is 6.92 Å². The molecule has 2 heterocycles. The van der Waals surface area contributed by atoms with Crippen LogP contribution in [0.3, 0.4) is 0 Å². The number of thiocarbonyl (C=S) groups is 1. The van der Waals surface area contributed by atoms with E-state index in [1.807, 2.05) is 4.90 Å². The lowest BCUT2D eigenvalue weighted by molar-refractivity contribution is -0.384. The van der Waals surface area contributed by atoms with E-state index in [9.17, 15) is 24.5 Å². The number of non-ortho nitro benzene ring substituents is 1. The number of piperazine rings is 1. The van der Waals surface area contributed by atoms with Gasteiger partial charge < -0.3 is 9.80 Å². The fraction of sp³-hybridized carbons (Fsp3) is 0.294. The largest absolute Gasteiger partial charge is 0.367 e. The number of nitrogens with zero attached hydrogens (tertiary/aromatic N) is 3. The van der Waals surface area contributed by atoms with E-state index in [0.717, 1.165) is 0 Å². The highest BCUT2D eigenvalue weighted by Gasteiger charge is 2.27. The number of hydrogen-bond donors (Lipinski definition) is 2. The Morgan fingerprint density at radius 1 is 1.18 bits per heavy atom. The van der Waals surface area contributed by atoms with Crippen LogP contribution in [-0.2, 0) is 14.4 Å². The standard InChI is InChI=1S/C17H17N5O5S/c1-10(23)20-4-6-21(7-5-20)14-3-2-12(22(26)27)8-11(14)9-13-15(24)18-17(28)19-16(13)25/h2-3,8-9H,4-7H2,1H3,(H2,18,19,24,25,28). The van der Waals surface area contributed by atoms with Gasteiger partial charge in [-0.2, -0.15) is 0 Å². The van der Waals surface area contributed by atoms with Gasteiger partial charge >= 0.3 is 0 Å². The van der Waals surface area contributed by atoms with Gasteiger partial charge in [-0.25, -0.2) is 0 Å². The van der Waals surface area contributed by atoms with E-state index in [-0.39, 0.29) is 22.3 Å². The Morgan fingerprint density at radius 3 is 2.32 bits per heavy atom. The third kappa shape index (κ3) is 3.98. The number of nitro benzene ring substituents is 1. The highest BCUT2D eigenvalue weighted by Crippen LogP contribution is 2.29. The number of carbonyl (C=O) groups is 3. The summed E-state index contributed by atoms with van der Waals surface area (Å²) >= 11 is 4.77. The van der Waals surface area contributed by atoms with Crippen molar-refractivity contribution in [1.82, 2.24) is 15.5 Å². The van der Waals surface area contributed by atoms with Gasteiger partial charge in [-0.1, -0.05) is 0 Å². The zero-order chi connectivity index (χ0) is 20.4. The average molecular weight is 403 g/mol. The molecule has 0 unspecified atom stereocenters. The molecule has 0 radical (unpaired) electrons. The van der Waals surface area contributed by atoms with Crippen LogP contribution in [0.2, 0.25) is 0 Å². The first kappa shape index (κ1) is 19.4. The summed E-state index contributed by atoms with van der Waals surface area (Å²) in [4.78, 5) is 50.1. The average Bonchev–Trinajstić information content (AvgIpc) is 2.64. The van der Waals surface area contributed by atoms with Gasteiger partial charge in [0.1, 0.15) is 5.57 Å². The molecular formula is C17H17N5O5S. The van der Waals surface area contributed by atoms with Crippen molar-refractivity contribution in [2.24, 2.45) is 0 Å². The number of carbonyl (C=O) groups excluding carboxylic acids is 3. The molecule has 0 aromatic heterocycles. The normalized spacial score (nSPS) is 17.2. The monoisotopic (exact) mass is 403 g/mol. The van der Waals surface area contributed by atoms with Crippen LogP contribution >= 0.6 is 12.2 Å². The molecule has 3 rings (SSSR count). The Labute approximate surface area is 165 Å². The lowest BCUT2D eigenvalue weighted by Crippen LogP contribution is -2.51. The molecule has 0 spiro atoms. The fourth-order valence-corrected chi connectivity index (χ4v) is 3.27. The molecule has 2 N–H and O–H groups in total. The van der Waals surface area contributed by atoms with Crippen LogP contribution in [0.25, 0.3) is 6.08 Å². The van der Waals surface area contributed by atoms with Crippen molar-refractivity contribution in [3.63, 3.8) is 0 Å². The van der Waals surface area contributed by atoms with Crippen LogP contribution in [0.15, 0.2) is 23.8 Å². The van der Waals surface area contributed by atoms with Crippen LogP contribution in [0, 0.1) is 10.1 Å². The molecule has 10 nitrogen and oxygen atoms in total. The number of anilines is 1. The summed E-state index contributed by atoms with van der Waals surface area (Å²) < 4.78 is 0. The summed E-state index contributed by atoms with van der Waals surface area (Å²) in [5.74, 6) is -1.36. The quantitative estimate of drug-likeness (QED) is 0.242. The molecule has 1 aromatic carbocycles. The maximum absolute atomic E-state index is 12.1. The van der Waals surface area contributed by atoms with Crippen molar-refractivity contribution in [1.29, 1.82) is 0 Å². The SMILES string of the molecule is CC(=O)N1CCN(c2ccc([N+](=O)[O-])cc2C=C2C(=O)NC(=S)NC2=O)CC1. The van der Waals surface area contributed by atoms with Gasteiger partial charge in [0.15, 0.2) is 5.11 Å². The number of amides is 3. The van der Waals surface area contributed by atoms with Crippen molar-refractivity contribution >= 4 is 52.5 Å². The number of nitrogens with one attached hydrogen (secondary N) is 2. The molecule has 0 aliphatic carbocycles. The Balaban J connectivity index is 1.98. The van der Waals surface area contributed by atoms with Gasteiger partial charge in [0.25, 0.3) is 17.5 Å². The molecule has 146 valence electrons. The van der Waals surface area contributed by atoms with Crippen molar-refractivity contribution in [2.75, 3.05) is 31.1 Å². The van der Waals surface area contributed by atoms with Crippen molar-refractivity contribution < 1.29 is 19.3 Å². The van der Waals surface area contributed by atoms with Gasteiger partial charge in [0.2, 0.25) is 5.91 Å². The molecule has 2 aliphatic heterocycles. The molecule has 1 aromatic rings. The van der Waals surface area contributed by atoms with E-state index < -0.39 is 16.7 Å². The molecule has 0 atom stereocenters. The third-order valence-corrected chi connectivity index (χ3v) is 4.73. The second-order valence-electron chi connectivity index (χ2n) is 6.29. The second-order valence-corrected chi connectivity index (χ2v) is 6.70. The highest BCUT2D eigenvalue weighted by molar-refractivity contribution is 7.80. The summed E-state index contributed by atoms with van der Waals surface area (Å²) in [5.41, 5.74) is 0.636. The van der Waals surface area contributed by atoms with Gasteiger partial charge in [-0.15, -0.1) is 0 Å². The van der Waals surface area contributed by atoms with Gasteiger partial charge in [0.05, 0.1) is 4.92 Å². The summed E-state index contributed by atoms with van der Waals surface area (Å²) in [6, 6.07) is 4.26. The first-order valence-electron chi connectivity index (χ1n) is 8.43. The van der Waals surface area contributed by atoms with Crippen LogP contribution in [-0.4, -0.2) is 58.8 Å². The van der Waals surface area contributed by atoms with Crippen molar-refractivity contribution in [3.05, 3.63) is 39.4 Å². The molecular weight excluding hydrogens is 386 g/mol. The van der Waals surface area contributed by atoms with Crippen LogP contribution in [0.5, 0.6) is 0 Å². The number of rotatable bonds is 3. The topological polar surface area (TPSA) is 125 Å². The summed E-state index contributed by atoms with van der Waals surface area (Å²) in [5, 5.41) is 15.8. The maximum atomic E-state index is 12.1. The minimum absolute atomic E-state index is 0.0165. The van der Waals surface area contributed by atoms with E-state index >= 15 is 0 Å². The van der Waals surface area contributed by atoms with E-state index in [4.69, 9.17) is 12.2 Å². The minimum atomic E-state index is -0.674. The first-order chi connectivity index (χ1) is 13.3. The molecule has 0 saturated carbocycles. The Morgan fingerprint density at radius 2 is 1.79 bits per heavy atom. The van der Waals surface area contributed by atoms with Gasteiger partial charge in [-0.3, -0.25) is 35.1 Å². The van der Waals surface area contributed by atoms with E-state index in [1.54, 1.807) is 11.0 Å². The molecule has 3 amide bonds. The van der Waals surface area contributed by atoms with Gasteiger partial charge in [0, 0.05) is 56.5 Å². The minimum Gasteiger partial charge on any atom is -0.367 e. The van der Waals surface area contributed by atoms with Crippen LogP contribution in [0.4, 0.5) is 11.4 Å². The van der Waals surface area contributed by atoms with E-state index in [1.165, 1.54) is 25.1 Å². The second kappa shape index (κ2) is 7.72. The Hall–Kier alpha value is -3.34. The molecule has 0 bridgehead atoms. The Kier molecular flexibility index (Phi) is 5.36.